The zero-order chi connectivity index (χ0) is 19.3. The highest BCUT2D eigenvalue weighted by molar-refractivity contribution is 5.86. The van der Waals surface area contributed by atoms with Crippen LogP contribution < -0.4 is 32.2 Å². The van der Waals surface area contributed by atoms with E-state index < -0.39 is 6.09 Å². The fraction of sp³-hybridized carbons (Fsp3) is 0.182. The molecule has 0 aliphatic heterocycles. The molecule has 28 heavy (non-hydrogen) atoms. The van der Waals surface area contributed by atoms with Gasteiger partial charge in [0.05, 0.1) is 0 Å². The van der Waals surface area contributed by atoms with Crippen LogP contribution in [0.3, 0.4) is 0 Å². The van der Waals surface area contributed by atoms with Gasteiger partial charge in [-0.25, -0.2) is 9.78 Å². The molecule has 2 aromatic carbocycles. The van der Waals surface area contributed by atoms with Crippen molar-refractivity contribution in [3.63, 3.8) is 0 Å². The molecule has 0 spiro atoms. The van der Waals surface area contributed by atoms with Gasteiger partial charge in [0.15, 0.2) is 11.9 Å². The van der Waals surface area contributed by atoms with Gasteiger partial charge in [-0.1, -0.05) is 32.9 Å². The highest BCUT2D eigenvalue weighted by atomic mass is 35.5. The van der Waals surface area contributed by atoms with Crippen LogP contribution in [-0.4, -0.2) is 6.09 Å². The van der Waals surface area contributed by atoms with Crippen molar-refractivity contribution in [3.05, 3.63) is 78.6 Å². The molecule has 6 heteroatoms. The van der Waals surface area contributed by atoms with Crippen LogP contribution >= 0.6 is 0 Å². The third-order valence-electron chi connectivity index (χ3n) is 3.93. The van der Waals surface area contributed by atoms with Gasteiger partial charge in [0.2, 0.25) is 6.20 Å². The molecule has 3 rings (SSSR count). The number of nitrogens with one attached hydrogen (secondary N) is 2. The number of hydrogen-bond acceptors (Lipinski definition) is 3. The maximum atomic E-state index is 12.2. The number of pyridine rings is 1. The molecular formula is C22H23ClN2O3. The van der Waals surface area contributed by atoms with E-state index in [0.29, 0.717) is 22.9 Å². The lowest BCUT2D eigenvalue weighted by Crippen LogP contribution is -3.00. The molecule has 1 amide bonds. The molecule has 0 radical (unpaired) electrons. The van der Waals surface area contributed by atoms with Crippen LogP contribution in [-0.2, 0) is 5.41 Å². The van der Waals surface area contributed by atoms with Crippen LogP contribution in [0, 0.1) is 0 Å². The Morgan fingerprint density at radius 3 is 2.29 bits per heavy atom. The molecular weight excluding hydrogens is 376 g/mol. The molecule has 0 fully saturated rings. The third kappa shape index (κ3) is 5.99. The van der Waals surface area contributed by atoms with E-state index >= 15 is 0 Å². The highest BCUT2D eigenvalue weighted by Gasteiger charge is 2.15. The minimum absolute atomic E-state index is 0. The number of aromatic amines is 1. The molecule has 146 valence electrons. The van der Waals surface area contributed by atoms with E-state index in [1.807, 2.05) is 36.5 Å². The van der Waals surface area contributed by atoms with Gasteiger partial charge in [-0.3, -0.25) is 5.32 Å². The number of rotatable bonds is 4. The van der Waals surface area contributed by atoms with Crippen LogP contribution in [0.25, 0.3) is 0 Å². The maximum Gasteiger partial charge on any atom is 0.417 e. The van der Waals surface area contributed by atoms with E-state index in [4.69, 9.17) is 9.47 Å². The number of anilines is 1. The van der Waals surface area contributed by atoms with Crippen molar-refractivity contribution in [2.75, 3.05) is 5.32 Å². The number of benzene rings is 2. The summed E-state index contributed by atoms with van der Waals surface area (Å²) in [4.78, 5) is 15.1. The molecule has 0 saturated heterocycles. The first-order valence-corrected chi connectivity index (χ1v) is 8.73. The summed E-state index contributed by atoms with van der Waals surface area (Å²) < 4.78 is 11.1. The van der Waals surface area contributed by atoms with E-state index in [1.54, 1.807) is 36.5 Å². The Kier molecular flexibility index (Phi) is 7.01. The second-order valence-electron chi connectivity index (χ2n) is 7.16. The second kappa shape index (κ2) is 9.24. The first-order valence-electron chi connectivity index (χ1n) is 8.73. The Bertz CT molecular complexity index is 907. The summed E-state index contributed by atoms with van der Waals surface area (Å²) in [5.41, 5.74) is 1.72. The summed E-state index contributed by atoms with van der Waals surface area (Å²) in [5, 5.41) is 2.72. The van der Waals surface area contributed by atoms with E-state index in [0.717, 1.165) is 5.56 Å². The Morgan fingerprint density at radius 2 is 1.64 bits per heavy atom. The number of H-pyrrole nitrogens is 1. The van der Waals surface area contributed by atoms with Crippen molar-refractivity contribution in [1.82, 2.24) is 0 Å². The summed E-state index contributed by atoms with van der Waals surface area (Å²) >= 11 is 0. The lowest BCUT2D eigenvalue weighted by Gasteiger charge is -2.19. The van der Waals surface area contributed by atoms with E-state index in [9.17, 15) is 4.79 Å². The summed E-state index contributed by atoms with van der Waals surface area (Å²) in [6.07, 6.45) is 3.03. The predicted octanol–water partition coefficient (Wildman–Crippen LogP) is 2.21. The first-order chi connectivity index (χ1) is 12.9. The quantitative estimate of drug-likeness (QED) is 0.733. The molecule has 0 aliphatic carbocycles. The number of aromatic nitrogens is 1. The topological polar surface area (TPSA) is 61.7 Å². The van der Waals surface area contributed by atoms with Crippen LogP contribution in [0.4, 0.5) is 10.5 Å². The van der Waals surface area contributed by atoms with Gasteiger partial charge in [0, 0.05) is 11.8 Å². The highest BCUT2D eigenvalue weighted by Crippen LogP contribution is 2.26. The number of amides is 1. The molecule has 1 heterocycles. The fourth-order valence-corrected chi connectivity index (χ4v) is 2.46. The smallest absolute Gasteiger partial charge is 0.417 e. The van der Waals surface area contributed by atoms with Gasteiger partial charge in [0.25, 0.3) is 0 Å². The fourth-order valence-electron chi connectivity index (χ4n) is 2.46. The molecule has 0 aliphatic rings. The molecule has 0 atom stereocenters. The first kappa shape index (κ1) is 21.3. The molecule has 5 nitrogen and oxygen atoms in total. The molecule has 0 unspecified atom stereocenters. The number of halogens is 1. The summed E-state index contributed by atoms with van der Waals surface area (Å²) in [7, 11) is 0. The van der Waals surface area contributed by atoms with Gasteiger partial charge in [-0.15, -0.1) is 0 Å². The average molecular weight is 399 g/mol. The van der Waals surface area contributed by atoms with Gasteiger partial charge in [-0.05, 0) is 53.4 Å². The van der Waals surface area contributed by atoms with Crippen LogP contribution in [0.15, 0.2) is 73.1 Å². The average Bonchev–Trinajstić information content (AvgIpc) is 2.64. The Labute approximate surface area is 171 Å². The van der Waals surface area contributed by atoms with Crippen molar-refractivity contribution >= 4 is 11.8 Å². The second-order valence-corrected chi connectivity index (χ2v) is 7.16. The van der Waals surface area contributed by atoms with Crippen LogP contribution in [0.5, 0.6) is 17.2 Å². The predicted molar refractivity (Wildman–Crippen MR) is 104 cm³/mol. The number of carbonyl (C=O) groups is 1. The minimum Gasteiger partial charge on any atom is -1.00 e. The van der Waals surface area contributed by atoms with E-state index in [2.05, 4.69) is 31.1 Å². The van der Waals surface area contributed by atoms with Crippen molar-refractivity contribution in [1.29, 1.82) is 0 Å². The molecule has 1 aromatic heterocycles. The largest absolute Gasteiger partial charge is 1.00 e. The summed E-state index contributed by atoms with van der Waals surface area (Å²) in [5.74, 6) is 1.89. The zero-order valence-electron chi connectivity index (χ0n) is 16.0. The molecule has 2 N–H and O–H groups in total. The Hall–Kier alpha value is -3.05. The maximum absolute atomic E-state index is 12.2. The normalized spacial score (nSPS) is 10.5. The van der Waals surface area contributed by atoms with Crippen molar-refractivity contribution < 1.29 is 31.7 Å². The molecule has 0 bridgehead atoms. The number of hydrogen-bond donors (Lipinski definition) is 1. The number of carbonyl (C=O) groups excluding carboxylic acids is 1. The Morgan fingerprint density at radius 1 is 0.929 bits per heavy atom. The van der Waals surface area contributed by atoms with Crippen molar-refractivity contribution in [3.8, 4) is 17.2 Å². The zero-order valence-corrected chi connectivity index (χ0v) is 16.8. The summed E-state index contributed by atoms with van der Waals surface area (Å²) in [6, 6.07) is 18.3. The molecule has 3 aromatic rings. The third-order valence-corrected chi connectivity index (χ3v) is 3.93. The standard InChI is InChI=1S/C22H22N2O3.ClH/c1-22(2,3)16-6-4-7-19(14-16)27-21(25)24-17-9-11-18(12-10-17)26-20-8-5-13-23-15-20;/h4-15H,1-3H3,(H,24,25);1H. The van der Waals surface area contributed by atoms with Crippen molar-refractivity contribution in [2.24, 2.45) is 0 Å². The molecule has 0 saturated carbocycles. The Balaban J connectivity index is 0.00000280. The van der Waals surface area contributed by atoms with Crippen LogP contribution in [0.2, 0.25) is 0 Å². The van der Waals surface area contributed by atoms with E-state index in [-0.39, 0.29) is 17.8 Å². The summed E-state index contributed by atoms with van der Waals surface area (Å²) in [6.45, 7) is 6.34. The van der Waals surface area contributed by atoms with Crippen molar-refractivity contribution in [2.45, 2.75) is 26.2 Å². The van der Waals surface area contributed by atoms with Gasteiger partial charge in [0.1, 0.15) is 11.5 Å². The number of ether oxygens (including phenoxy) is 2. The monoisotopic (exact) mass is 398 g/mol. The van der Waals surface area contributed by atoms with Gasteiger partial charge in [-0.2, -0.15) is 0 Å². The lowest BCUT2D eigenvalue weighted by molar-refractivity contribution is -0.378. The SMILES string of the molecule is CC(C)(C)c1cccc(OC(=O)Nc2ccc(Oc3ccc[nH+]c3)cc2)c1.[Cl-]. The lowest BCUT2D eigenvalue weighted by atomic mass is 9.87. The van der Waals surface area contributed by atoms with E-state index in [1.165, 1.54) is 0 Å². The minimum atomic E-state index is -0.535. The van der Waals surface area contributed by atoms with Gasteiger partial charge < -0.3 is 21.9 Å². The van der Waals surface area contributed by atoms with Crippen LogP contribution in [0.1, 0.15) is 26.3 Å². The van der Waals surface area contributed by atoms with Gasteiger partial charge >= 0.3 is 6.09 Å².